The largest absolute Gasteiger partial charge is 0.342 e. The molecule has 0 aromatic carbocycles. The molecular weight excluding hydrogens is 220 g/mol. The Bertz CT molecular complexity index is 320. The van der Waals surface area contributed by atoms with E-state index in [1.54, 1.807) is 11.3 Å². The van der Waals surface area contributed by atoms with Crippen LogP contribution in [-0.4, -0.2) is 29.3 Å². The van der Waals surface area contributed by atoms with Crippen LogP contribution in [-0.2, 0) is 0 Å². The third-order valence-corrected chi connectivity index (χ3v) is 4.02. The third kappa shape index (κ3) is 2.71. The summed E-state index contributed by atoms with van der Waals surface area (Å²) in [5, 5.41) is 10.4. The van der Waals surface area contributed by atoms with Gasteiger partial charge >= 0.3 is 0 Å². The van der Waals surface area contributed by atoms with E-state index in [9.17, 15) is 0 Å². The number of anilines is 1. The molecule has 1 fully saturated rings. The Morgan fingerprint density at radius 2 is 2.06 bits per heavy atom. The van der Waals surface area contributed by atoms with Crippen molar-refractivity contribution in [3.05, 3.63) is 5.01 Å². The first-order chi connectivity index (χ1) is 7.81. The minimum atomic E-state index is 0.629. The lowest BCUT2D eigenvalue weighted by atomic mass is 9.94. The Balaban J connectivity index is 2.09. The van der Waals surface area contributed by atoms with Crippen molar-refractivity contribution < 1.29 is 0 Å². The number of hydrogen-bond donors (Lipinski definition) is 1. The highest BCUT2D eigenvalue weighted by Gasteiger charge is 2.23. The third-order valence-electron chi connectivity index (χ3n) is 3.15. The van der Waals surface area contributed by atoms with Gasteiger partial charge in [0.15, 0.2) is 0 Å². The molecule has 0 atom stereocenters. The first kappa shape index (κ1) is 11.8. The van der Waals surface area contributed by atoms with Gasteiger partial charge in [-0.25, -0.2) is 0 Å². The molecular formula is C11H20N4S. The molecule has 1 aliphatic rings. The fourth-order valence-corrected chi connectivity index (χ4v) is 3.15. The maximum atomic E-state index is 5.70. The zero-order chi connectivity index (χ0) is 11.4. The van der Waals surface area contributed by atoms with Gasteiger partial charge in [-0.1, -0.05) is 30.6 Å². The molecule has 0 amide bonds. The normalized spacial score (nSPS) is 17.6. The molecule has 4 nitrogen and oxygen atoms in total. The first-order valence-electron chi connectivity index (χ1n) is 6.08. The Labute approximate surface area is 101 Å². The van der Waals surface area contributed by atoms with E-state index in [1.807, 2.05) is 6.92 Å². The van der Waals surface area contributed by atoms with Crippen molar-refractivity contribution in [3.8, 4) is 0 Å². The van der Waals surface area contributed by atoms with E-state index in [-0.39, 0.29) is 0 Å². The summed E-state index contributed by atoms with van der Waals surface area (Å²) in [7, 11) is 0. The molecule has 5 heteroatoms. The van der Waals surface area contributed by atoms with E-state index in [0.717, 1.165) is 16.7 Å². The summed E-state index contributed by atoms with van der Waals surface area (Å²) in [6.45, 7) is 3.59. The van der Waals surface area contributed by atoms with Crippen LogP contribution in [0.2, 0.25) is 0 Å². The molecule has 1 aromatic heterocycles. The average molecular weight is 240 g/mol. The maximum Gasteiger partial charge on any atom is 0.208 e. The molecule has 16 heavy (non-hydrogen) atoms. The Morgan fingerprint density at radius 1 is 1.31 bits per heavy atom. The SMILES string of the molecule is Cc1nnc(N(CCN)C2CCCCC2)s1. The Morgan fingerprint density at radius 3 is 2.62 bits per heavy atom. The van der Waals surface area contributed by atoms with Crippen molar-refractivity contribution >= 4 is 16.5 Å². The highest BCUT2D eigenvalue weighted by Crippen LogP contribution is 2.28. The first-order valence-corrected chi connectivity index (χ1v) is 6.89. The Kier molecular flexibility index (Phi) is 4.12. The lowest BCUT2D eigenvalue weighted by molar-refractivity contribution is 0.415. The summed E-state index contributed by atoms with van der Waals surface area (Å²) in [6.07, 6.45) is 6.60. The van der Waals surface area contributed by atoms with Gasteiger partial charge in [0, 0.05) is 19.1 Å². The van der Waals surface area contributed by atoms with Crippen molar-refractivity contribution in [2.45, 2.75) is 45.1 Å². The predicted octanol–water partition coefficient (Wildman–Crippen LogP) is 1.94. The van der Waals surface area contributed by atoms with Crippen LogP contribution in [0.1, 0.15) is 37.1 Å². The van der Waals surface area contributed by atoms with Gasteiger partial charge in [-0.2, -0.15) is 0 Å². The van der Waals surface area contributed by atoms with Crippen molar-refractivity contribution in [1.82, 2.24) is 10.2 Å². The summed E-state index contributed by atoms with van der Waals surface area (Å²) < 4.78 is 0. The lowest BCUT2D eigenvalue weighted by Crippen LogP contribution is -2.40. The molecule has 1 heterocycles. The summed E-state index contributed by atoms with van der Waals surface area (Å²) in [6, 6.07) is 0.629. The van der Waals surface area contributed by atoms with Crippen LogP contribution in [0.3, 0.4) is 0 Å². The molecule has 1 saturated carbocycles. The van der Waals surface area contributed by atoms with Gasteiger partial charge in [0.2, 0.25) is 5.13 Å². The zero-order valence-electron chi connectivity index (χ0n) is 9.85. The van der Waals surface area contributed by atoms with E-state index in [0.29, 0.717) is 12.6 Å². The fraction of sp³-hybridized carbons (Fsp3) is 0.818. The van der Waals surface area contributed by atoms with Crippen LogP contribution >= 0.6 is 11.3 Å². The Hall–Kier alpha value is -0.680. The smallest absolute Gasteiger partial charge is 0.208 e. The molecule has 1 aromatic rings. The summed E-state index contributed by atoms with van der Waals surface area (Å²) in [4.78, 5) is 2.36. The van der Waals surface area contributed by atoms with Crippen molar-refractivity contribution in [3.63, 3.8) is 0 Å². The number of aromatic nitrogens is 2. The van der Waals surface area contributed by atoms with Crippen LogP contribution in [0, 0.1) is 6.92 Å². The molecule has 0 aliphatic heterocycles. The molecule has 0 saturated heterocycles. The molecule has 0 spiro atoms. The summed E-state index contributed by atoms with van der Waals surface area (Å²) in [5.74, 6) is 0. The van der Waals surface area contributed by atoms with E-state index in [2.05, 4.69) is 15.1 Å². The number of rotatable bonds is 4. The molecule has 2 N–H and O–H groups in total. The van der Waals surface area contributed by atoms with Gasteiger partial charge in [-0.3, -0.25) is 0 Å². The zero-order valence-corrected chi connectivity index (χ0v) is 10.7. The second kappa shape index (κ2) is 5.59. The van der Waals surface area contributed by atoms with Gasteiger partial charge < -0.3 is 10.6 Å². The summed E-state index contributed by atoms with van der Waals surface area (Å²) in [5.41, 5.74) is 5.70. The number of hydrogen-bond acceptors (Lipinski definition) is 5. The van der Waals surface area contributed by atoms with Gasteiger partial charge in [0.25, 0.3) is 0 Å². The maximum absolute atomic E-state index is 5.70. The molecule has 0 radical (unpaired) electrons. The molecule has 2 rings (SSSR count). The highest BCUT2D eigenvalue weighted by atomic mass is 32.1. The minimum Gasteiger partial charge on any atom is -0.342 e. The van der Waals surface area contributed by atoms with Crippen molar-refractivity contribution in [2.24, 2.45) is 5.73 Å². The van der Waals surface area contributed by atoms with Crippen LogP contribution in [0.15, 0.2) is 0 Å². The molecule has 0 bridgehead atoms. The molecule has 90 valence electrons. The number of nitrogens with zero attached hydrogens (tertiary/aromatic N) is 3. The van der Waals surface area contributed by atoms with Crippen molar-refractivity contribution in [1.29, 1.82) is 0 Å². The fourth-order valence-electron chi connectivity index (χ4n) is 2.37. The second-order valence-electron chi connectivity index (χ2n) is 4.38. The quantitative estimate of drug-likeness (QED) is 0.874. The van der Waals surface area contributed by atoms with E-state index in [4.69, 9.17) is 5.73 Å². The molecule has 0 unspecified atom stereocenters. The standard InChI is InChI=1S/C11H20N4S/c1-9-13-14-11(16-9)15(8-7-12)10-5-3-2-4-6-10/h10H,2-8,12H2,1H3. The van der Waals surface area contributed by atoms with E-state index >= 15 is 0 Å². The second-order valence-corrected chi connectivity index (χ2v) is 5.54. The minimum absolute atomic E-state index is 0.629. The lowest BCUT2D eigenvalue weighted by Gasteiger charge is -2.33. The van der Waals surface area contributed by atoms with Crippen LogP contribution in [0.5, 0.6) is 0 Å². The van der Waals surface area contributed by atoms with Gasteiger partial charge in [-0.05, 0) is 19.8 Å². The average Bonchev–Trinajstić information content (AvgIpc) is 2.74. The van der Waals surface area contributed by atoms with Gasteiger partial charge in [0.1, 0.15) is 5.01 Å². The van der Waals surface area contributed by atoms with Gasteiger partial charge in [0.05, 0.1) is 0 Å². The van der Waals surface area contributed by atoms with Crippen molar-refractivity contribution in [2.75, 3.05) is 18.0 Å². The van der Waals surface area contributed by atoms with Crippen LogP contribution in [0.25, 0.3) is 0 Å². The van der Waals surface area contributed by atoms with Crippen LogP contribution in [0.4, 0.5) is 5.13 Å². The highest BCUT2D eigenvalue weighted by molar-refractivity contribution is 7.15. The number of aryl methyl sites for hydroxylation is 1. The van der Waals surface area contributed by atoms with E-state index < -0.39 is 0 Å². The van der Waals surface area contributed by atoms with Crippen LogP contribution < -0.4 is 10.6 Å². The predicted molar refractivity (Wildman–Crippen MR) is 67.9 cm³/mol. The van der Waals surface area contributed by atoms with E-state index in [1.165, 1.54) is 32.1 Å². The molecule has 1 aliphatic carbocycles. The monoisotopic (exact) mass is 240 g/mol. The topological polar surface area (TPSA) is 55.0 Å². The number of nitrogens with two attached hydrogens (primary N) is 1. The van der Waals surface area contributed by atoms with Gasteiger partial charge in [-0.15, -0.1) is 10.2 Å². The summed E-state index contributed by atoms with van der Waals surface area (Å²) >= 11 is 1.68.